The fourth-order valence-electron chi connectivity index (χ4n) is 0.680. The van der Waals surface area contributed by atoms with Crippen molar-refractivity contribution in [2.75, 3.05) is 0 Å². The van der Waals surface area contributed by atoms with Crippen LogP contribution in [0.1, 0.15) is 12.5 Å². The molecule has 48 valence electrons. The first-order chi connectivity index (χ1) is 4.33. The van der Waals surface area contributed by atoms with Crippen molar-refractivity contribution in [2.45, 2.75) is 18.4 Å². The Hall–Kier alpha value is -0.500. The molecule has 0 bridgehead atoms. The number of rotatable bonds is 1. The van der Waals surface area contributed by atoms with Gasteiger partial charge in [-0.1, -0.05) is 6.92 Å². The summed E-state index contributed by atoms with van der Waals surface area (Å²) >= 11 is 4.10. The molecule has 0 spiro atoms. The zero-order chi connectivity index (χ0) is 6.69. The highest BCUT2D eigenvalue weighted by atomic mass is 32.1. The highest BCUT2D eigenvalue weighted by Gasteiger charge is 1.87. The summed E-state index contributed by atoms with van der Waals surface area (Å²) in [5.41, 5.74) is 1.29. The fourth-order valence-corrected chi connectivity index (χ4v) is 0.913. The molecule has 0 saturated heterocycles. The number of aromatic nitrogens is 1. The average molecular weight is 139 g/mol. The molecule has 9 heavy (non-hydrogen) atoms. The molecule has 0 aromatic carbocycles. The Morgan fingerprint density at radius 2 is 2.44 bits per heavy atom. The maximum Gasteiger partial charge on any atom is 0.0932 e. The molecule has 1 aromatic heterocycles. The van der Waals surface area contributed by atoms with Gasteiger partial charge in [0.1, 0.15) is 0 Å². The molecule has 0 radical (unpaired) electrons. The van der Waals surface area contributed by atoms with Crippen LogP contribution in [0.4, 0.5) is 0 Å². The van der Waals surface area contributed by atoms with Crippen LogP contribution in [-0.2, 0) is 6.42 Å². The van der Waals surface area contributed by atoms with Crippen molar-refractivity contribution in [2.24, 2.45) is 0 Å². The summed E-state index contributed by atoms with van der Waals surface area (Å²) in [6, 6.07) is 3.98. The lowest BCUT2D eigenvalue weighted by Crippen LogP contribution is -1.80. The summed E-state index contributed by atoms with van der Waals surface area (Å²) in [5, 5.41) is 0.800. The van der Waals surface area contributed by atoms with Gasteiger partial charge in [-0.25, -0.2) is 0 Å². The van der Waals surface area contributed by atoms with Gasteiger partial charge in [0.25, 0.3) is 0 Å². The van der Waals surface area contributed by atoms with Crippen molar-refractivity contribution in [1.29, 1.82) is 0 Å². The summed E-state index contributed by atoms with van der Waals surface area (Å²) < 4.78 is 0. The van der Waals surface area contributed by atoms with E-state index < -0.39 is 0 Å². The average Bonchev–Trinajstić information content (AvgIpc) is 1.88. The normalized spacial score (nSPS) is 9.56. The lowest BCUT2D eigenvalue weighted by molar-refractivity contribution is 1.06. The maximum absolute atomic E-state index is 4.10. The quantitative estimate of drug-likeness (QED) is 0.587. The minimum absolute atomic E-state index is 0.800. The molecule has 1 rings (SSSR count). The SMILES string of the molecule is CCc1ccnc(S)c1. The molecule has 0 unspecified atom stereocenters. The number of thiol groups is 1. The van der Waals surface area contributed by atoms with E-state index in [0.717, 1.165) is 11.4 Å². The van der Waals surface area contributed by atoms with Gasteiger partial charge in [0.05, 0.1) is 5.03 Å². The first kappa shape index (κ1) is 6.62. The summed E-state index contributed by atoms with van der Waals surface area (Å²) in [7, 11) is 0. The lowest BCUT2D eigenvalue weighted by atomic mass is 10.2. The Morgan fingerprint density at radius 3 is 2.89 bits per heavy atom. The monoisotopic (exact) mass is 139 g/mol. The molecular formula is C7H9NS. The third kappa shape index (κ3) is 1.72. The number of aryl methyl sites for hydroxylation is 1. The van der Waals surface area contributed by atoms with Crippen molar-refractivity contribution in [3.8, 4) is 0 Å². The summed E-state index contributed by atoms with van der Waals surface area (Å²) in [6.45, 7) is 2.11. The molecule has 1 nitrogen and oxygen atoms in total. The van der Waals surface area contributed by atoms with Crippen LogP contribution in [0.15, 0.2) is 23.4 Å². The van der Waals surface area contributed by atoms with E-state index in [4.69, 9.17) is 0 Å². The third-order valence-electron chi connectivity index (χ3n) is 1.22. The molecule has 2 heteroatoms. The van der Waals surface area contributed by atoms with E-state index in [9.17, 15) is 0 Å². The van der Waals surface area contributed by atoms with E-state index in [1.807, 2.05) is 12.1 Å². The van der Waals surface area contributed by atoms with E-state index in [-0.39, 0.29) is 0 Å². The molecule has 1 aromatic rings. The van der Waals surface area contributed by atoms with Gasteiger partial charge in [-0.2, -0.15) is 0 Å². The van der Waals surface area contributed by atoms with Gasteiger partial charge in [0.2, 0.25) is 0 Å². The van der Waals surface area contributed by atoms with Crippen LogP contribution in [0.25, 0.3) is 0 Å². The Bertz CT molecular complexity index is 198. The van der Waals surface area contributed by atoms with Crippen LogP contribution >= 0.6 is 12.6 Å². The Kier molecular flexibility index (Phi) is 2.11. The maximum atomic E-state index is 4.10. The van der Waals surface area contributed by atoms with Gasteiger partial charge in [-0.05, 0) is 24.1 Å². The topological polar surface area (TPSA) is 12.9 Å². The highest BCUT2D eigenvalue weighted by molar-refractivity contribution is 7.80. The predicted molar refractivity (Wildman–Crippen MR) is 40.9 cm³/mol. The summed E-state index contributed by atoms with van der Waals surface area (Å²) in [5.74, 6) is 0. The Morgan fingerprint density at radius 1 is 1.67 bits per heavy atom. The molecule has 0 amide bonds. The van der Waals surface area contributed by atoms with Crippen LogP contribution in [-0.4, -0.2) is 4.98 Å². The van der Waals surface area contributed by atoms with Gasteiger partial charge in [-0.15, -0.1) is 12.6 Å². The summed E-state index contributed by atoms with van der Waals surface area (Å²) in [4.78, 5) is 3.95. The van der Waals surface area contributed by atoms with Crippen molar-refractivity contribution in [3.63, 3.8) is 0 Å². The largest absolute Gasteiger partial charge is 0.250 e. The smallest absolute Gasteiger partial charge is 0.0932 e. The van der Waals surface area contributed by atoms with E-state index >= 15 is 0 Å². The molecule has 0 atom stereocenters. The zero-order valence-electron chi connectivity index (χ0n) is 5.33. The number of pyridine rings is 1. The van der Waals surface area contributed by atoms with Crippen LogP contribution in [0.3, 0.4) is 0 Å². The first-order valence-electron chi connectivity index (χ1n) is 2.97. The van der Waals surface area contributed by atoms with Gasteiger partial charge in [0, 0.05) is 6.20 Å². The molecule has 0 aliphatic heterocycles. The van der Waals surface area contributed by atoms with E-state index in [2.05, 4.69) is 24.5 Å². The molecule has 0 saturated carbocycles. The molecule has 0 fully saturated rings. The van der Waals surface area contributed by atoms with E-state index in [1.54, 1.807) is 6.20 Å². The van der Waals surface area contributed by atoms with Crippen LogP contribution in [0.2, 0.25) is 0 Å². The Balaban J connectivity index is 2.94. The van der Waals surface area contributed by atoms with E-state index in [1.165, 1.54) is 5.56 Å². The van der Waals surface area contributed by atoms with Gasteiger partial charge < -0.3 is 0 Å². The standard InChI is InChI=1S/C7H9NS/c1-2-6-3-4-8-7(9)5-6/h3-5H,2H2,1H3,(H,8,9). The molecule has 0 aliphatic carbocycles. The minimum Gasteiger partial charge on any atom is -0.250 e. The van der Waals surface area contributed by atoms with Crippen LogP contribution < -0.4 is 0 Å². The Labute approximate surface area is 60.5 Å². The second-order valence-corrected chi connectivity index (χ2v) is 2.33. The zero-order valence-corrected chi connectivity index (χ0v) is 6.23. The van der Waals surface area contributed by atoms with E-state index in [0.29, 0.717) is 0 Å². The summed E-state index contributed by atoms with van der Waals surface area (Å²) in [6.07, 6.45) is 2.83. The van der Waals surface area contributed by atoms with Crippen molar-refractivity contribution >= 4 is 12.6 Å². The minimum atomic E-state index is 0.800. The predicted octanol–water partition coefficient (Wildman–Crippen LogP) is 1.93. The van der Waals surface area contributed by atoms with Crippen LogP contribution in [0.5, 0.6) is 0 Å². The molecule has 0 N–H and O–H groups in total. The number of hydrogen-bond acceptors (Lipinski definition) is 2. The van der Waals surface area contributed by atoms with Crippen molar-refractivity contribution < 1.29 is 0 Å². The third-order valence-corrected chi connectivity index (χ3v) is 1.46. The lowest BCUT2D eigenvalue weighted by Gasteiger charge is -1.93. The highest BCUT2D eigenvalue weighted by Crippen LogP contribution is 2.04. The van der Waals surface area contributed by atoms with Crippen molar-refractivity contribution in [1.82, 2.24) is 4.98 Å². The molecule has 0 aliphatic rings. The van der Waals surface area contributed by atoms with Gasteiger partial charge in [-0.3, -0.25) is 4.98 Å². The second kappa shape index (κ2) is 2.87. The van der Waals surface area contributed by atoms with Crippen LogP contribution in [0, 0.1) is 0 Å². The number of nitrogens with zero attached hydrogens (tertiary/aromatic N) is 1. The second-order valence-electron chi connectivity index (χ2n) is 1.88. The van der Waals surface area contributed by atoms with Crippen molar-refractivity contribution in [3.05, 3.63) is 23.9 Å². The number of hydrogen-bond donors (Lipinski definition) is 1. The molecular weight excluding hydrogens is 130 g/mol. The first-order valence-corrected chi connectivity index (χ1v) is 3.41. The van der Waals surface area contributed by atoms with Gasteiger partial charge >= 0.3 is 0 Å². The molecule has 1 heterocycles. The fraction of sp³-hybridized carbons (Fsp3) is 0.286. The van der Waals surface area contributed by atoms with Gasteiger partial charge in [0.15, 0.2) is 0 Å².